The zero-order valence-corrected chi connectivity index (χ0v) is 21.2. The number of carboxylic acid groups (broad SMARTS) is 1. The number of carboxylic acids is 1. The molecule has 0 saturated heterocycles. The van der Waals surface area contributed by atoms with Crippen molar-refractivity contribution in [2.45, 2.75) is 78.2 Å². The summed E-state index contributed by atoms with van der Waals surface area (Å²) in [5.74, 6) is -1.34. The van der Waals surface area contributed by atoms with Crippen molar-refractivity contribution in [1.29, 1.82) is 0 Å². The van der Waals surface area contributed by atoms with Crippen LogP contribution in [0.15, 0.2) is 28.4 Å². The van der Waals surface area contributed by atoms with Crippen molar-refractivity contribution >= 4 is 45.2 Å². The molecule has 0 aromatic carbocycles. The Kier molecular flexibility index (Phi) is 9.85. The van der Waals surface area contributed by atoms with Gasteiger partial charge in [0.1, 0.15) is 5.82 Å². The van der Waals surface area contributed by atoms with Gasteiger partial charge in [-0.05, 0) is 40.9 Å². The molecule has 1 aromatic rings. The summed E-state index contributed by atoms with van der Waals surface area (Å²) in [6, 6.07) is 0.649. The molecule has 3 atom stereocenters. The number of hydrogen-bond donors (Lipinski definition) is 4. The number of anilines is 2. The Morgan fingerprint density at radius 2 is 1.94 bits per heavy atom. The Hall–Kier alpha value is -2.46. The van der Waals surface area contributed by atoms with Gasteiger partial charge in [-0.1, -0.05) is 27.7 Å². The van der Waals surface area contributed by atoms with Crippen LogP contribution in [-0.4, -0.2) is 52.2 Å². The highest BCUT2D eigenvalue weighted by Gasteiger charge is 2.38. The maximum absolute atomic E-state index is 12.3. The number of carbonyl (C=O) groups is 3. The standard InChI is InChI=1S/C23H33BrN4O5/c1-6-16(7-2)33-19-9-14(23(31)32)8-17(20(19)26-13(5)29)27-21-18(10-15(24)11-25-21)28-22(30)12(3)4/h9-12,16-17,19-20H,6-8H2,1-5H3,(H,25,27)(H,26,29)(H,28,30)(H,31,32)/t17-,19+,20+/m0/s1. The lowest BCUT2D eigenvalue weighted by Gasteiger charge is -2.38. The monoisotopic (exact) mass is 524 g/mol. The van der Waals surface area contributed by atoms with Crippen LogP contribution in [0.4, 0.5) is 11.5 Å². The number of pyridine rings is 1. The summed E-state index contributed by atoms with van der Waals surface area (Å²) in [4.78, 5) is 40.6. The van der Waals surface area contributed by atoms with Gasteiger partial charge in [0.2, 0.25) is 11.8 Å². The van der Waals surface area contributed by atoms with Crippen LogP contribution in [-0.2, 0) is 19.1 Å². The Bertz CT molecular complexity index is 901. The number of amides is 2. The normalized spacial score (nSPS) is 20.4. The highest BCUT2D eigenvalue weighted by Crippen LogP contribution is 2.30. The van der Waals surface area contributed by atoms with E-state index in [9.17, 15) is 19.5 Å². The first-order chi connectivity index (χ1) is 15.5. The second-order valence-electron chi connectivity index (χ2n) is 8.41. The van der Waals surface area contributed by atoms with Crippen molar-refractivity contribution in [2.75, 3.05) is 10.6 Å². The van der Waals surface area contributed by atoms with Crippen LogP contribution >= 0.6 is 15.9 Å². The minimum absolute atomic E-state index is 0.0806. The molecule has 1 heterocycles. The zero-order chi connectivity index (χ0) is 24.7. The second kappa shape index (κ2) is 12.1. The van der Waals surface area contributed by atoms with Gasteiger partial charge >= 0.3 is 5.97 Å². The number of aromatic nitrogens is 1. The molecule has 9 nitrogen and oxygen atoms in total. The largest absolute Gasteiger partial charge is 0.478 e. The fourth-order valence-electron chi connectivity index (χ4n) is 3.61. The van der Waals surface area contributed by atoms with Crippen LogP contribution in [0.2, 0.25) is 0 Å². The maximum atomic E-state index is 12.3. The van der Waals surface area contributed by atoms with Crippen LogP contribution in [0, 0.1) is 5.92 Å². The topological polar surface area (TPSA) is 130 Å². The van der Waals surface area contributed by atoms with Crippen LogP contribution in [0.3, 0.4) is 0 Å². The van der Waals surface area contributed by atoms with E-state index in [-0.39, 0.29) is 35.8 Å². The summed E-state index contributed by atoms with van der Waals surface area (Å²) < 4.78 is 6.88. The molecule has 1 aliphatic carbocycles. The lowest BCUT2D eigenvalue weighted by atomic mass is 9.87. The number of hydrogen-bond acceptors (Lipinski definition) is 6. The van der Waals surface area contributed by atoms with Gasteiger partial charge in [0.25, 0.3) is 0 Å². The summed E-state index contributed by atoms with van der Waals surface area (Å²) in [7, 11) is 0. The molecular formula is C23H33BrN4O5. The molecule has 0 unspecified atom stereocenters. The first-order valence-corrected chi connectivity index (χ1v) is 11.9. The van der Waals surface area contributed by atoms with E-state index in [1.807, 2.05) is 13.8 Å². The quantitative estimate of drug-likeness (QED) is 0.367. The minimum Gasteiger partial charge on any atom is -0.478 e. The number of aliphatic carboxylic acids is 1. The van der Waals surface area contributed by atoms with E-state index in [2.05, 4.69) is 36.9 Å². The number of rotatable bonds is 10. The van der Waals surface area contributed by atoms with Gasteiger partial charge in [-0.25, -0.2) is 9.78 Å². The SMILES string of the molecule is CCC(CC)O[C@@H]1C=C(C(=O)O)C[C@H](Nc2ncc(Br)cc2NC(=O)C(C)C)[C@H]1NC(C)=O. The van der Waals surface area contributed by atoms with Crippen LogP contribution in [0.1, 0.15) is 53.9 Å². The Balaban J connectivity index is 2.44. The molecule has 4 N–H and O–H groups in total. The van der Waals surface area contributed by atoms with Crippen molar-refractivity contribution in [2.24, 2.45) is 5.92 Å². The molecule has 1 aromatic heterocycles. The molecule has 2 rings (SSSR count). The number of halogens is 1. The fourth-order valence-corrected chi connectivity index (χ4v) is 3.94. The average molecular weight is 525 g/mol. The molecule has 0 radical (unpaired) electrons. The van der Waals surface area contributed by atoms with Gasteiger partial charge in [-0.15, -0.1) is 0 Å². The molecule has 0 bridgehead atoms. The van der Waals surface area contributed by atoms with Crippen molar-refractivity contribution in [3.8, 4) is 0 Å². The summed E-state index contributed by atoms with van der Waals surface area (Å²) >= 11 is 3.37. The van der Waals surface area contributed by atoms with E-state index in [1.54, 1.807) is 32.2 Å². The maximum Gasteiger partial charge on any atom is 0.331 e. The van der Waals surface area contributed by atoms with Crippen molar-refractivity contribution in [1.82, 2.24) is 10.3 Å². The highest BCUT2D eigenvalue weighted by atomic mass is 79.9. The molecule has 0 saturated carbocycles. The molecule has 1 aliphatic rings. The van der Waals surface area contributed by atoms with Gasteiger partial charge in [-0.2, -0.15) is 0 Å². The Morgan fingerprint density at radius 3 is 2.48 bits per heavy atom. The van der Waals surface area contributed by atoms with Crippen LogP contribution in [0.5, 0.6) is 0 Å². The summed E-state index contributed by atoms with van der Waals surface area (Å²) in [6.45, 7) is 8.97. The van der Waals surface area contributed by atoms with E-state index in [1.165, 1.54) is 6.92 Å². The number of carbonyl (C=O) groups excluding carboxylic acids is 2. The summed E-state index contributed by atoms with van der Waals surface area (Å²) in [5.41, 5.74) is 0.642. The van der Waals surface area contributed by atoms with Crippen molar-refractivity contribution < 1.29 is 24.2 Å². The summed E-state index contributed by atoms with van der Waals surface area (Å²) in [5, 5.41) is 18.7. The summed E-state index contributed by atoms with van der Waals surface area (Å²) in [6.07, 6.45) is 4.09. The van der Waals surface area contributed by atoms with Gasteiger partial charge in [-0.3, -0.25) is 9.59 Å². The number of nitrogens with one attached hydrogen (secondary N) is 3. The molecule has 0 aliphatic heterocycles. The van der Waals surface area contributed by atoms with Crippen molar-refractivity contribution in [3.63, 3.8) is 0 Å². The first-order valence-electron chi connectivity index (χ1n) is 11.1. The molecule has 182 valence electrons. The molecule has 10 heteroatoms. The van der Waals surface area contributed by atoms with Crippen molar-refractivity contribution in [3.05, 3.63) is 28.4 Å². The lowest BCUT2D eigenvalue weighted by molar-refractivity contribution is -0.133. The smallest absolute Gasteiger partial charge is 0.331 e. The predicted molar refractivity (Wildman–Crippen MR) is 130 cm³/mol. The van der Waals surface area contributed by atoms with Gasteiger partial charge in [0.15, 0.2) is 0 Å². The van der Waals surface area contributed by atoms with E-state index in [4.69, 9.17) is 4.74 Å². The predicted octanol–water partition coefficient (Wildman–Crippen LogP) is 3.71. The first kappa shape index (κ1) is 26.8. The van der Waals surface area contributed by atoms with E-state index in [0.717, 1.165) is 12.8 Å². The lowest BCUT2D eigenvalue weighted by Crippen LogP contribution is -2.56. The Morgan fingerprint density at radius 1 is 1.27 bits per heavy atom. The third kappa shape index (κ3) is 7.53. The van der Waals surface area contributed by atoms with E-state index >= 15 is 0 Å². The average Bonchev–Trinajstić information content (AvgIpc) is 2.74. The molecule has 0 fully saturated rings. The van der Waals surface area contributed by atoms with E-state index in [0.29, 0.717) is 16.0 Å². The fraction of sp³-hybridized carbons (Fsp3) is 0.565. The number of ether oxygens (including phenoxy) is 1. The molecule has 0 spiro atoms. The molecule has 33 heavy (non-hydrogen) atoms. The van der Waals surface area contributed by atoms with E-state index < -0.39 is 24.2 Å². The zero-order valence-electron chi connectivity index (χ0n) is 19.6. The second-order valence-corrected chi connectivity index (χ2v) is 9.33. The van der Waals surface area contributed by atoms with Gasteiger partial charge in [0.05, 0.1) is 30.0 Å². The molecular weight excluding hydrogens is 492 g/mol. The highest BCUT2D eigenvalue weighted by molar-refractivity contribution is 9.10. The number of nitrogens with zero attached hydrogens (tertiary/aromatic N) is 1. The Labute approximate surface area is 202 Å². The third-order valence-corrected chi connectivity index (χ3v) is 5.89. The third-order valence-electron chi connectivity index (χ3n) is 5.46. The molecule has 2 amide bonds. The van der Waals surface area contributed by atoms with Gasteiger partial charge in [0, 0.05) is 35.5 Å². The van der Waals surface area contributed by atoms with Gasteiger partial charge < -0.3 is 25.8 Å². The minimum atomic E-state index is -1.04. The van der Waals surface area contributed by atoms with Crippen LogP contribution < -0.4 is 16.0 Å². The van der Waals surface area contributed by atoms with Crippen LogP contribution in [0.25, 0.3) is 0 Å².